The average molecular weight is 363 g/mol. The van der Waals surface area contributed by atoms with Crippen molar-refractivity contribution in [1.29, 1.82) is 0 Å². The fraction of sp³-hybridized carbons (Fsp3) is 0.235. The van der Waals surface area contributed by atoms with Gasteiger partial charge >= 0.3 is 11.8 Å². The van der Waals surface area contributed by atoms with Crippen LogP contribution in [-0.4, -0.2) is 27.2 Å². The molecule has 2 heterocycles. The van der Waals surface area contributed by atoms with Gasteiger partial charge in [-0.25, -0.2) is 0 Å². The van der Waals surface area contributed by atoms with Gasteiger partial charge in [-0.1, -0.05) is 24.3 Å². The first-order chi connectivity index (χ1) is 12.2. The third-order valence-electron chi connectivity index (χ3n) is 4.50. The minimum Gasteiger partial charge on any atom is -0.504 e. The van der Waals surface area contributed by atoms with Gasteiger partial charge in [0.1, 0.15) is 0 Å². The van der Waals surface area contributed by atoms with Crippen LogP contribution in [0.3, 0.4) is 0 Å². The second-order valence-electron chi connectivity index (χ2n) is 6.20. The van der Waals surface area contributed by atoms with Gasteiger partial charge in [0.25, 0.3) is 5.91 Å². The number of nitrogens with zero attached hydrogens (tertiary/aromatic N) is 3. The molecule has 2 N–H and O–H groups in total. The molecule has 9 heteroatoms. The highest BCUT2D eigenvalue weighted by atomic mass is 19.4. The average Bonchev–Trinajstić information content (AvgIpc) is 3.34. The maximum atomic E-state index is 13.1. The minimum atomic E-state index is -4.62. The standard InChI is InChI=1S/C17H12F3N3O3/c18-17(19,20)16(21-22-16)11-3-1-2-9(6-11)7-23-8-10-4-5-12(24)14(25)13(10)15(23)26/h1-6,24-25H,7-8H2. The van der Waals surface area contributed by atoms with E-state index in [9.17, 15) is 28.2 Å². The first-order valence-corrected chi connectivity index (χ1v) is 7.66. The number of hydrogen-bond donors (Lipinski definition) is 2. The Morgan fingerprint density at radius 1 is 1.15 bits per heavy atom. The van der Waals surface area contributed by atoms with E-state index in [-0.39, 0.29) is 24.2 Å². The molecule has 6 nitrogen and oxygen atoms in total. The van der Waals surface area contributed by atoms with Crippen LogP contribution >= 0.6 is 0 Å². The van der Waals surface area contributed by atoms with E-state index in [2.05, 4.69) is 10.2 Å². The number of amides is 1. The van der Waals surface area contributed by atoms with Crippen LogP contribution in [0.5, 0.6) is 11.5 Å². The number of aromatic hydroxyl groups is 2. The van der Waals surface area contributed by atoms with E-state index < -0.39 is 29.2 Å². The SMILES string of the molecule is O=C1c2c(ccc(O)c2O)CN1Cc1cccc(C2(C(F)(F)F)N=N2)c1. The molecule has 0 radical (unpaired) electrons. The lowest BCUT2D eigenvalue weighted by Gasteiger charge is -2.18. The molecular formula is C17H12F3N3O3. The third kappa shape index (κ3) is 2.31. The zero-order valence-electron chi connectivity index (χ0n) is 13.2. The van der Waals surface area contributed by atoms with E-state index in [4.69, 9.17) is 0 Å². The van der Waals surface area contributed by atoms with E-state index in [1.807, 2.05) is 0 Å². The molecule has 0 unspecified atom stereocenters. The lowest BCUT2D eigenvalue weighted by atomic mass is 10.0. The molecule has 2 aliphatic heterocycles. The first kappa shape index (κ1) is 16.4. The molecule has 0 saturated heterocycles. The van der Waals surface area contributed by atoms with Crippen molar-refractivity contribution in [2.75, 3.05) is 0 Å². The van der Waals surface area contributed by atoms with Gasteiger partial charge in [-0.2, -0.15) is 13.2 Å². The van der Waals surface area contributed by atoms with Crippen molar-refractivity contribution >= 4 is 5.91 Å². The summed E-state index contributed by atoms with van der Waals surface area (Å²) in [5, 5.41) is 25.8. The van der Waals surface area contributed by atoms with Gasteiger partial charge < -0.3 is 15.1 Å². The van der Waals surface area contributed by atoms with Crippen LogP contribution in [0.4, 0.5) is 13.2 Å². The number of phenolic OH excluding ortho intramolecular Hbond substituents is 2. The number of halogens is 3. The lowest BCUT2D eigenvalue weighted by Crippen LogP contribution is -2.30. The molecule has 0 spiro atoms. The Kier molecular flexibility index (Phi) is 3.27. The molecule has 0 saturated carbocycles. The van der Waals surface area contributed by atoms with Crippen LogP contribution in [0.1, 0.15) is 27.0 Å². The van der Waals surface area contributed by atoms with Crippen molar-refractivity contribution in [2.45, 2.75) is 24.9 Å². The van der Waals surface area contributed by atoms with Gasteiger partial charge in [-0.3, -0.25) is 4.79 Å². The number of rotatable bonds is 3. The first-order valence-electron chi connectivity index (χ1n) is 7.66. The summed E-state index contributed by atoms with van der Waals surface area (Å²) in [4.78, 5) is 13.8. The summed E-state index contributed by atoms with van der Waals surface area (Å²) in [5.74, 6) is -1.38. The Balaban J connectivity index is 1.59. The van der Waals surface area contributed by atoms with Gasteiger partial charge in [0.2, 0.25) is 0 Å². The van der Waals surface area contributed by atoms with Crippen molar-refractivity contribution in [3.8, 4) is 11.5 Å². The molecule has 2 aromatic rings. The summed E-state index contributed by atoms with van der Waals surface area (Å²) < 4.78 is 39.4. The van der Waals surface area contributed by atoms with Crippen LogP contribution in [0.15, 0.2) is 46.6 Å². The van der Waals surface area contributed by atoms with E-state index in [0.717, 1.165) is 0 Å². The van der Waals surface area contributed by atoms with E-state index in [1.165, 1.54) is 35.2 Å². The van der Waals surface area contributed by atoms with Crippen LogP contribution in [-0.2, 0) is 18.8 Å². The highest BCUT2D eigenvalue weighted by molar-refractivity contribution is 6.01. The molecule has 0 bridgehead atoms. The second-order valence-corrected chi connectivity index (χ2v) is 6.20. The lowest BCUT2D eigenvalue weighted by molar-refractivity contribution is -0.166. The van der Waals surface area contributed by atoms with Gasteiger partial charge in [0.15, 0.2) is 11.5 Å². The minimum absolute atomic E-state index is 0.0140. The Bertz CT molecular complexity index is 950. The fourth-order valence-corrected chi connectivity index (χ4v) is 3.11. The maximum absolute atomic E-state index is 13.1. The van der Waals surface area contributed by atoms with Gasteiger partial charge in [-0.15, -0.1) is 10.2 Å². The number of fused-ring (bicyclic) bond motifs is 1. The Morgan fingerprint density at radius 2 is 1.88 bits per heavy atom. The molecule has 0 fully saturated rings. The zero-order valence-corrected chi connectivity index (χ0v) is 13.2. The fourth-order valence-electron chi connectivity index (χ4n) is 3.11. The summed E-state index contributed by atoms with van der Waals surface area (Å²) in [6.45, 7) is 0.237. The van der Waals surface area contributed by atoms with Crippen molar-refractivity contribution in [2.24, 2.45) is 10.2 Å². The van der Waals surface area contributed by atoms with Gasteiger partial charge in [-0.05, 0) is 23.3 Å². The summed E-state index contributed by atoms with van der Waals surface area (Å²) in [7, 11) is 0. The van der Waals surface area contributed by atoms with Gasteiger partial charge in [0, 0.05) is 18.7 Å². The van der Waals surface area contributed by atoms with E-state index >= 15 is 0 Å². The zero-order chi connectivity index (χ0) is 18.7. The second kappa shape index (κ2) is 5.20. The molecule has 4 rings (SSSR count). The summed E-state index contributed by atoms with van der Waals surface area (Å²) in [5.41, 5.74) is -1.58. The van der Waals surface area contributed by atoms with Crippen molar-refractivity contribution in [1.82, 2.24) is 4.90 Å². The Hall–Kier alpha value is -3.10. The number of hydrogen-bond acceptors (Lipinski definition) is 5. The number of carbonyl (C=O) groups excluding carboxylic acids is 1. The van der Waals surface area contributed by atoms with E-state index in [0.29, 0.717) is 11.1 Å². The van der Waals surface area contributed by atoms with Gasteiger partial charge in [0.05, 0.1) is 5.56 Å². The number of alkyl halides is 3. The van der Waals surface area contributed by atoms with Crippen molar-refractivity contribution < 1.29 is 28.2 Å². The monoisotopic (exact) mass is 363 g/mol. The molecule has 0 aliphatic carbocycles. The molecule has 134 valence electrons. The maximum Gasteiger partial charge on any atom is 0.442 e. The van der Waals surface area contributed by atoms with Crippen LogP contribution in [0, 0.1) is 0 Å². The number of benzene rings is 2. The number of phenols is 2. The topological polar surface area (TPSA) is 85.5 Å². The molecule has 0 aromatic heterocycles. The number of carbonyl (C=O) groups is 1. The molecule has 0 atom stereocenters. The van der Waals surface area contributed by atoms with Crippen molar-refractivity contribution in [3.63, 3.8) is 0 Å². The van der Waals surface area contributed by atoms with Crippen LogP contribution < -0.4 is 0 Å². The van der Waals surface area contributed by atoms with Crippen LogP contribution in [0.25, 0.3) is 0 Å². The molecule has 1 amide bonds. The molecule has 2 aliphatic rings. The smallest absolute Gasteiger partial charge is 0.442 e. The summed E-state index contributed by atoms with van der Waals surface area (Å²) >= 11 is 0. The summed E-state index contributed by atoms with van der Waals surface area (Å²) in [6, 6.07) is 8.48. The largest absolute Gasteiger partial charge is 0.504 e. The molecular weight excluding hydrogens is 351 g/mol. The van der Waals surface area contributed by atoms with Crippen molar-refractivity contribution in [3.05, 3.63) is 58.7 Å². The highest BCUT2D eigenvalue weighted by Gasteiger charge is 2.65. The van der Waals surface area contributed by atoms with Crippen LogP contribution in [0.2, 0.25) is 0 Å². The predicted molar refractivity (Wildman–Crippen MR) is 82.4 cm³/mol. The molecule has 2 aromatic carbocycles. The Labute approximate surface area is 145 Å². The normalized spacial score (nSPS) is 17.5. The van der Waals surface area contributed by atoms with E-state index in [1.54, 1.807) is 6.07 Å². The predicted octanol–water partition coefficient (Wildman–Crippen LogP) is 3.43. The quantitative estimate of drug-likeness (QED) is 0.819. The molecule has 26 heavy (non-hydrogen) atoms. The summed E-state index contributed by atoms with van der Waals surface area (Å²) in [6.07, 6.45) is -4.62. The third-order valence-corrected chi connectivity index (χ3v) is 4.50. The highest BCUT2D eigenvalue weighted by Crippen LogP contribution is 2.52. The Morgan fingerprint density at radius 3 is 2.54 bits per heavy atom.